The molecule has 0 aliphatic carbocycles. The lowest BCUT2D eigenvalue weighted by Crippen LogP contribution is -2.23. The van der Waals surface area contributed by atoms with Gasteiger partial charge >= 0.3 is 0 Å². The summed E-state index contributed by atoms with van der Waals surface area (Å²) in [5.41, 5.74) is 3.12. The zero-order valence-corrected chi connectivity index (χ0v) is 18.9. The number of aryl methyl sites for hydroxylation is 2. The van der Waals surface area contributed by atoms with Gasteiger partial charge < -0.3 is 0 Å². The SMILES string of the molecule is Cc1ccc(-n2c(C)nnc2SCc2nc3ccccc3c(=O)n2-c2ccc(F)cc2)cc1. The van der Waals surface area contributed by atoms with Crippen molar-refractivity contribution in [3.63, 3.8) is 0 Å². The van der Waals surface area contributed by atoms with E-state index in [0.717, 1.165) is 11.5 Å². The van der Waals surface area contributed by atoms with Crippen LogP contribution < -0.4 is 5.56 Å². The van der Waals surface area contributed by atoms with Crippen molar-refractivity contribution >= 4 is 22.7 Å². The van der Waals surface area contributed by atoms with Crippen molar-refractivity contribution in [1.82, 2.24) is 24.3 Å². The lowest BCUT2D eigenvalue weighted by molar-refractivity contribution is 0.627. The van der Waals surface area contributed by atoms with Crippen molar-refractivity contribution in [3.8, 4) is 11.4 Å². The van der Waals surface area contributed by atoms with Gasteiger partial charge in [0.15, 0.2) is 5.16 Å². The summed E-state index contributed by atoms with van der Waals surface area (Å²) in [6.07, 6.45) is 0. The predicted octanol–water partition coefficient (Wildman–Crippen LogP) is 5.01. The Bertz CT molecular complexity index is 1510. The molecule has 0 atom stereocenters. The minimum atomic E-state index is -0.363. The average Bonchev–Trinajstić information content (AvgIpc) is 3.19. The first kappa shape index (κ1) is 21.1. The summed E-state index contributed by atoms with van der Waals surface area (Å²) in [5.74, 6) is 1.33. The molecule has 0 saturated carbocycles. The third-order valence-electron chi connectivity index (χ3n) is 5.35. The molecule has 0 amide bonds. The smallest absolute Gasteiger partial charge is 0.265 e. The standard InChI is InChI=1S/C25H20FN5OS/c1-16-7-11-19(12-8-16)30-17(2)28-29-25(30)33-15-23-27-22-6-4-3-5-21(22)24(32)31(23)20-13-9-18(26)10-14-20/h3-14H,15H2,1-2H3. The van der Waals surface area contributed by atoms with E-state index in [-0.39, 0.29) is 11.4 Å². The molecule has 0 unspecified atom stereocenters. The van der Waals surface area contributed by atoms with Crippen LogP contribution in [0.3, 0.4) is 0 Å². The average molecular weight is 458 g/mol. The van der Waals surface area contributed by atoms with E-state index in [1.165, 1.54) is 34.0 Å². The summed E-state index contributed by atoms with van der Waals surface area (Å²) in [4.78, 5) is 18.1. The van der Waals surface area contributed by atoms with E-state index >= 15 is 0 Å². The highest BCUT2D eigenvalue weighted by Crippen LogP contribution is 2.26. The molecule has 0 bridgehead atoms. The number of para-hydroxylation sites is 1. The third kappa shape index (κ3) is 4.05. The summed E-state index contributed by atoms with van der Waals surface area (Å²) in [5, 5.41) is 9.79. The first-order valence-corrected chi connectivity index (χ1v) is 11.4. The van der Waals surface area contributed by atoms with E-state index in [0.29, 0.717) is 33.3 Å². The van der Waals surface area contributed by atoms with E-state index in [1.54, 1.807) is 18.2 Å². The van der Waals surface area contributed by atoms with Gasteiger partial charge in [-0.15, -0.1) is 10.2 Å². The summed E-state index contributed by atoms with van der Waals surface area (Å²) in [6.45, 7) is 3.94. The van der Waals surface area contributed by atoms with Gasteiger partial charge in [0.1, 0.15) is 17.5 Å². The van der Waals surface area contributed by atoms with Gasteiger partial charge in [-0.25, -0.2) is 9.37 Å². The molecule has 3 aromatic carbocycles. The monoisotopic (exact) mass is 457 g/mol. The first-order chi connectivity index (χ1) is 16.0. The molecule has 33 heavy (non-hydrogen) atoms. The quantitative estimate of drug-likeness (QED) is 0.347. The zero-order chi connectivity index (χ0) is 22.9. The van der Waals surface area contributed by atoms with Crippen LogP contribution in [0.5, 0.6) is 0 Å². The second kappa shape index (κ2) is 8.63. The number of thioether (sulfide) groups is 1. The van der Waals surface area contributed by atoms with Crippen molar-refractivity contribution < 1.29 is 4.39 Å². The number of benzene rings is 3. The fraction of sp³-hybridized carbons (Fsp3) is 0.120. The van der Waals surface area contributed by atoms with E-state index in [2.05, 4.69) is 10.2 Å². The molecular weight excluding hydrogens is 437 g/mol. The number of halogens is 1. The Morgan fingerprint density at radius 1 is 0.848 bits per heavy atom. The van der Waals surface area contributed by atoms with Crippen LogP contribution in [0.2, 0.25) is 0 Å². The summed E-state index contributed by atoms with van der Waals surface area (Å²) in [6, 6.07) is 21.2. The molecule has 0 N–H and O–H groups in total. The molecule has 2 heterocycles. The fourth-order valence-corrected chi connectivity index (χ4v) is 4.61. The van der Waals surface area contributed by atoms with Crippen molar-refractivity contribution in [3.05, 3.63) is 106 Å². The maximum Gasteiger partial charge on any atom is 0.265 e. The largest absolute Gasteiger partial charge is 0.274 e. The van der Waals surface area contributed by atoms with Gasteiger partial charge in [0.2, 0.25) is 0 Å². The summed E-state index contributed by atoms with van der Waals surface area (Å²) >= 11 is 1.44. The van der Waals surface area contributed by atoms with Gasteiger partial charge in [-0.2, -0.15) is 0 Å². The molecule has 5 rings (SSSR count). The minimum Gasteiger partial charge on any atom is -0.274 e. The fourth-order valence-electron chi connectivity index (χ4n) is 3.69. The van der Waals surface area contributed by atoms with Crippen LogP contribution in [0.1, 0.15) is 17.2 Å². The Morgan fingerprint density at radius 2 is 1.52 bits per heavy atom. The van der Waals surface area contributed by atoms with Gasteiger partial charge in [-0.1, -0.05) is 41.6 Å². The predicted molar refractivity (Wildman–Crippen MR) is 128 cm³/mol. The first-order valence-electron chi connectivity index (χ1n) is 10.4. The Morgan fingerprint density at radius 3 is 2.27 bits per heavy atom. The molecule has 0 radical (unpaired) electrons. The van der Waals surface area contributed by atoms with Crippen LogP contribution in [0.25, 0.3) is 22.3 Å². The van der Waals surface area contributed by atoms with Gasteiger partial charge in [0.05, 0.1) is 22.3 Å². The van der Waals surface area contributed by atoms with Crippen LogP contribution >= 0.6 is 11.8 Å². The van der Waals surface area contributed by atoms with Crippen molar-refractivity contribution in [2.75, 3.05) is 0 Å². The molecule has 5 aromatic rings. The molecule has 0 aliphatic heterocycles. The second-order valence-corrected chi connectivity index (χ2v) is 8.59. The van der Waals surface area contributed by atoms with Gasteiger partial charge in [0, 0.05) is 5.69 Å². The Hall–Kier alpha value is -3.78. The van der Waals surface area contributed by atoms with Crippen molar-refractivity contribution in [2.45, 2.75) is 24.8 Å². The third-order valence-corrected chi connectivity index (χ3v) is 6.27. The van der Waals surface area contributed by atoms with E-state index in [9.17, 15) is 9.18 Å². The van der Waals surface area contributed by atoms with Gasteiger partial charge in [-0.05, 0) is 62.4 Å². The lowest BCUT2D eigenvalue weighted by Gasteiger charge is -2.14. The molecule has 2 aromatic heterocycles. The highest BCUT2D eigenvalue weighted by atomic mass is 32.2. The van der Waals surface area contributed by atoms with Crippen LogP contribution in [0.4, 0.5) is 4.39 Å². The maximum absolute atomic E-state index is 13.5. The highest BCUT2D eigenvalue weighted by molar-refractivity contribution is 7.98. The number of hydrogen-bond acceptors (Lipinski definition) is 5. The van der Waals surface area contributed by atoms with Crippen LogP contribution in [-0.2, 0) is 5.75 Å². The van der Waals surface area contributed by atoms with E-state index in [4.69, 9.17) is 4.98 Å². The van der Waals surface area contributed by atoms with Crippen molar-refractivity contribution in [2.24, 2.45) is 0 Å². The number of hydrogen-bond donors (Lipinski definition) is 0. The van der Waals surface area contributed by atoms with E-state index < -0.39 is 0 Å². The Labute approximate surface area is 193 Å². The zero-order valence-electron chi connectivity index (χ0n) is 18.1. The molecule has 0 fully saturated rings. The number of aromatic nitrogens is 5. The number of rotatable bonds is 5. The number of fused-ring (bicyclic) bond motifs is 1. The van der Waals surface area contributed by atoms with Crippen molar-refractivity contribution in [1.29, 1.82) is 0 Å². The van der Waals surface area contributed by atoms with Crippen LogP contribution in [0, 0.1) is 19.7 Å². The normalized spacial score (nSPS) is 11.2. The highest BCUT2D eigenvalue weighted by Gasteiger charge is 2.16. The van der Waals surface area contributed by atoms with Crippen LogP contribution in [0.15, 0.2) is 82.7 Å². The molecule has 0 spiro atoms. The molecule has 164 valence electrons. The minimum absolute atomic E-state index is 0.195. The number of nitrogens with zero attached hydrogens (tertiary/aromatic N) is 5. The van der Waals surface area contributed by atoms with Gasteiger partial charge in [0.25, 0.3) is 5.56 Å². The van der Waals surface area contributed by atoms with E-state index in [1.807, 2.05) is 60.9 Å². The maximum atomic E-state index is 13.5. The lowest BCUT2D eigenvalue weighted by atomic mass is 10.2. The molecule has 6 nitrogen and oxygen atoms in total. The molecule has 0 aliphatic rings. The summed E-state index contributed by atoms with van der Waals surface area (Å²) < 4.78 is 17.0. The topological polar surface area (TPSA) is 65.6 Å². The molecule has 0 saturated heterocycles. The second-order valence-electron chi connectivity index (χ2n) is 7.65. The Kier molecular flexibility index (Phi) is 5.51. The molecular formula is C25H20FN5OS. The van der Waals surface area contributed by atoms with Gasteiger partial charge in [-0.3, -0.25) is 13.9 Å². The Balaban J connectivity index is 1.58. The summed E-state index contributed by atoms with van der Waals surface area (Å²) in [7, 11) is 0. The molecule has 8 heteroatoms. The van der Waals surface area contributed by atoms with Crippen LogP contribution in [-0.4, -0.2) is 24.3 Å².